The summed E-state index contributed by atoms with van der Waals surface area (Å²) in [5, 5.41) is 3.32. The zero-order chi connectivity index (χ0) is 14.4. The Balaban J connectivity index is 2.01. The van der Waals surface area contributed by atoms with E-state index in [-0.39, 0.29) is 18.8 Å². The third kappa shape index (κ3) is 3.33. The molecule has 1 N–H and O–H groups in total. The third-order valence-corrected chi connectivity index (χ3v) is 2.53. The molecule has 1 aromatic carbocycles. The van der Waals surface area contributed by atoms with E-state index in [2.05, 4.69) is 16.2 Å². The number of nitrogens with zero attached hydrogens (tertiary/aromatic N) is 1. The van der Waals surface area contributed by atoms with Gasteiger partial charge in [0, 0.05) is 5.39 Å². The Hall–Kier alpha value is -2.87. The maximum absolute atomic E-state index is 11.8. The van der Waals surface area contributed by atoms with Crippen molar-refractivity contribution in [1.29, 1.82) is 0 Å². The minimum absolute atomic E-state index is 0.102. The van der Waals surface area contributed by atoms with Crippen LogP contribution >= 0.6 is 0 Å². The van der Waals surface area contributed by atoms with E-state index in [1.54, 1.807) is 18.2 Å². The number of hydrogen-bond acceptors (Lipinski definition) is 4. The summed E-state index contributed by atoms with van der Waals surface area (Å²) in [5.74, 6) is 1.16. The van der Waals surface area contributed by atoms with E-state index in [9.17, 15) is 9.59 Å². The van der Waals surface area contributed by atoms with Gasteiger partial charge in [-0.2, -0.15) is 0 Å². The van der Waals surface area contributed by atoms with Gasteiger partial charge >= 0.3 is 5.97 Å². The molecule has 0 aliphatic heterocycles. The molecule has 0 saturated heterocycles. The fraction of sp³-hybridized carbons (Fsp3) is 0.133. The second kappa shape index (κ2) is 6.34. The minimum Gasteiger partial charge on any atom is -0.451 e. The second-order valence-corrected chi connectivity index (χ2v) is 3.95. The SMILES string of the molecule is C#CCNC(=O)COC(=O)c1ccc2ccccc2n1. The van der Waals surface area contributed by atoms with Crippen LogP contribution in [-0.4, -0.2) is 30.0 Å². The number of ether oxygens (including phenoxy) is 1. The highest BCUT2D eigenvalue weighted by Crippen LogP contribution is 2.12. The van der Waals surface area contributed by atoms with Crippen molar-refractivity contribution >= 4 is 22.8 Å². The molecule has 0 radical (unpaired) electrons. The highest BCUT2D eigenvalue weighted by atomic mass is 16.5. The number of benzene rings is 1. The maximum Gasteiger partial charge on any atom is 0.357 e. The summed E-state index contributed by atoms with van der Waals surface area (Å²) >= 11 is 0. The van der Waals surface area contributed by atoms with Crippen molar-refractivity contribution in [3.8, 4) is 12.3 Å². The average molecular weight is 268 g/mol. The number of carbonyl (C=O) groups is 2. The number of pyridine rings is 1. The predicted octanol–water partition coefficient (Wildman–Crippen LogP) is 1.14. The highest BCUT2D eigenvalue weighted by molar-refractivity contribution is 5.92. The molecule has 0 aliphatic carbocycles. The number of terminal acetylenes is 1. The minimum atomic E-state index is -0.647. The van der Waals surface area contributed by atoms with Crippen molar-refractivity contribution in [3.05, 3.63) is 42.1 Å². The summed E-state index contributed by atoms with van der Waals surface area (Å²) in [5.41, 5.74) is 0.854. The van der Waals surface area contributed by atoms with Gasteiger partial charge in [0.1, 0.15) is 5.69 Å². The zero-order valence-corrected chi connectivity index (χ0v) is 10.6. The lowest BCUT2D eigenvalue weighted by atomic mass is 10.2. The molecule has 0 atom stereocenters. The molecular weight excluding hydrogens is 256 g/mol. The number of esters is 1. The van der Waals surface area contributed by atoms with Gasteiger partial charge in [0.2, 0.25) is 0 Å². The maximum atomic E-state index is 11.8. The summed E-state index contributed by atoms with van der Waals surface area (Å²) in [4.78, 5) is 27.2. The van der Waals surface area contributed by atoms with Crippen molar-refractivity contribution in [1.82, 2.24) is 10.3 Å². The molecule has 0 fully saturated rings. The monoisotopic (exact) mass is 268 g/mol. The van der Waals surface area contributed by atoms with Gasteiger partial charge in [0.05, 0.1) is 12.1 Å². The molecule has 0 bridgehead atoms. The van der Waals surface area contributed by atoms with E-state index in [4.69, 9.17) is 11.2 Å². The smallest absolute Gasteiger partial charge is 0.357 e. The Morgan fingerprint density at radius 1 is 1.25 bits per heavy atom. The van der Waals surface area contributed by atoms with Crippen molar-refractivity contribution in [2.24, 2.45) is 0 Å². The van der Waals surface area contributed by atoms with Crippen LogP contribution in [0.3, 0.4) is 0 Å². The van der Waals surface area contributed by atoms with Crippen LogP contribution in [0.15, 0.2) is 36.4 Å². The Labute approximate surface area is 116 Å². The summed E-state index contributed by atoms with van der Waals surface area (Å²) in [7, 11) is 0. The van der Waals surface area contributed by atoms with Gasteiger partial charge in [-0.15, -0.1) is 6.42 Å². The topological polar surface area (TPSA) is 68.3 Å². The number of carbonyl (C=O) groups excluding carboxylic acids is 2. The first kappa shape index (κ1) is 13.6. The van der Waals surface area contributed by atoms with Crippen LogP contribution < -0.4 is 5.32 Å². The summed E-state index contributed by atoms with van der Waals surface area (Å²) in [6, 6.07) is 10.7. The number of aromatic nitrogens is 1. The van der Waals surface area contributed by atoms with Crippen molar-refractivity contribution in [2.75, 3.05) is 13.2 Å². The second-order valence-electron chi connectivity index (χ2n) is 3.95. The van der Waals surface area contributed by atoms with Crippen molar-refractivity contribution in [3.63, 3.8) is 0 Å². The lowest BCUT2D eigenvalue weighted by Gasteiger charge is -2.05. The largest absolute Gasteiger partial charge is 0.451 e. The van der Waals surface area contributed by atoms with Crippen LogP contribution in [-0.2, 0) is 9.53 Å². The molecule has 5 nitrogen and oxygen atoms in total. The first-order valence-corrected chi connectivity index (χ1v) is 5.94. The average Bonchev–Trinajstić information content (AvgIpc) is 2.50. The molecule has 100 valence electrons. The fourth-order valence-electron chi connectivity index (χ4n) is 1.59. The molecule has 2 rings (SSSR count). The van der Waals surface area contributed by atoms with E-state index >= 15 is 0 Å². The Morgan fingerprint density at radius 2 is 2.05 bits per heavy atom. The molecule has 20 heavy (non-hydrogen) atoms. The quantitative estimate of drug-likeness (QED) is 0.667. The molecule has 5 heteroatoms. The molecule has 1 heterocycles. The first-order chi connectivity index (χ1) is 9.70. The number of hydrogen-bond donors (Lipinski definition) is 1. The Bertz CT molecular complexity index is 689. The van der Waals surface area contributed by atoms with Crippen molar-refractivity contribution < 1.29 is 14.3 Å². The number of amides is 1. The number of fused-ring (bicyclic) bond motifs is 1. The van der Waals surface area contributed by atoms with Crippen LogP contribution in [0, 0.1) is 12.3 Å². The number of para-hydroxylation sites is 1. The van der Waals surface area contributed by atoms with Gasteiger partial charge in [-0.05, 0) is 12.1 Å². The standard InChI is InChI=1S/C15H12N2O3/c1-2-9-16-14(18)10-20-15(19)13-8-7-11-5-3-4-6-12(11)17-13/h1,3-8H,9-10H2,(H,16,18). The van der Waals surface area contributed by atoms with Gasteiger partial charge in [0.15, 0.2) is 6.61 Å². The molecule has 0 spiro atoms. The van der Waals surface area contributed by atoms with E-state index in [1.165, 1.54) is 0 Å². The summed E-state index contributed by atoms with van der Waals surface area (Å²) < 4.78 is 4.85. The van der Waals surface area contributed by atoms with E-state index in [1.807, 2.05) is 18.2 Å². The van der Waals surface area contributed by atoms with Crippen LogP contribution in [0.1, 0.15) is 10.5 Å². The number of rotatable bonds is 4. The number of nitrogens with one attached hydrogen (secondary N) is 1. The lowest BCUT2D eigenvalue weighted by Crippen LogP contribution is -2.29. The van der Waals surface area contributed by atoms with Gasteiger partial charge in [0.25, 0.3) is 5.91 Å². The summed E-state index contributed by atoms with van der Waals surface area (Å²) in [6.45, 7) is -0.278. The molecule has 1 aromatic heterocycles. The first-order valence-electron chi connectivity index (χ1n) is 5.94. The highest BCUT2D eigenvalue weighted by Gasteiger charge is 2.11. The normalized spacial score (nSPS) is 9.75. The van der Waals surface area contributed by atoms with Crippen LogP contribution in [0.25, 0.3) is 10.9 Å². The predicted molar refractivity (Wildman–Crippen MR) is 73.9 cm³/mol. The third-order valence-electron chi connectivity index (χ3n) is 2.53. The summed E-state index contributed by atoms with van der Waals surface area (Å²) in [6.07, 6.45) is 4.99. The van der Waals surface area contributed by atoms with E-state index < -0.39 is 11.9 Å². The Kier molecular flexibility index (Phi) is 4.30. The molecule has 0 aliphatic rings. The zero-order valence-electron chi connectivity index (χ0n) is 10.6. The van der Waals surface area contributed by atoms with Crippen LogP contribution in [0.4, 0.5) is 0 Å². The van der Waals surface area contributed by atoms with Gasteiger partial charge in [-0.1, -0.05) is 30.2 Å². The van der Waals surface area contributed by atoms with Crippen molar-refractivity contribution in [2.45, 2.75) is 0 Å². The molecule has 0 unspecified atom stereocenters. The fourth-order valence-corrected chi connectivity index (χ4v) is 1.59. The van der Waals surface area contributed by atoms with Gasteiger partial charge in [-0.25, -0.2) is 9.78 Å². The van der Waals surface area contributed by atoms with Gasteiger partial charge < -0.3 is 10.1 Å². The molecule has 0 saturated carbocycles. The lowest BCUT2D eigenvalue weighted by molar-refractivity contribution is -0.123. The van der Waals surface area contributed by atoms with E-state index in [0.29, 0.717) is 5.52 Å². The van der Waals surface area contributed by atoms with Crippen LogP contribution in [0.2, 0.25) is 0 Å². The van der Waals surface area contributed by atoms with Crippen LogP contribution in [0.5, 0.6) is 0 Å². The Morgan fingerprint density at radius 3 is 2.85 bits per heavy atom. The molecular formula is C15H12N2O3. The molecule has 2 aromatic rings. The van der Waals surface area contributed by atoms with Gasteiger partial charge in [-0.3, -0.25) is 4.79 Å². The molecule has 1 amide bonds. The van der Waals surface area contributed by atoms with E-state index in [0.717, 1.165) is 5.39 Å².